The van der Waals surface area contributed by atoms with Gasteiger partial charge in [-0.25, -0.2) is 4.98 Å². The molecule has 0 spiro atoms. The highest BCUT2D eigenvalue weighted by atomic mass is 15.0. The van der Waals surface area contributed by atoms with Crippen LogP contribution < -0.4 is 5.32 Å². The number of hydrogen-bond acceptors (Lipinski definition) is 3. The molecule has 0 fully saturated rings. The molecule has 0 radical (unpaired) electrons. The van der Waals surface area contributed by atoms with E-state index >= 15 is 0 Å². The van der Waals surface area contributed by atoms with Crippen LogP contribution in [0.3, 0.4) is 0 Å². The molecule has 0 aliphatic carbocycles. The standard InChI is InChI=1S/C19H23N3.C2H6.H2/c1-6-7-17(20-5)14(4)21-19-11-9-16-12-15(13(2)3)8-10-18(16)22-19;1-2;/h6-13H,4H2,1-3,5H3,(H,21,22);1-2H3;1H/b7-6-,20-17?;;. The number of allylic oxidation sites excluding steroid dienone is 2. The van der Waals surface area contributed by atoms with Gasteiger partial charge in [0, 0.05) is 13.9 Å². The summed E-state index contributed by atoms with van der Waals surface area (Å²) in [6.45, 7) is 14.4. The maximum Gasteiger partial charge on any atom is 0.131 e. The zero-order chi connectivity index (χ0) is 18.1. The molecule has 0 amide bonds. The van der Waals surface area contributed by atoms with Crippen molar-refractivity contribution in [1.29, 1.82) is 0 Å². The van der Waals surface area contributed by atoms with Crippen molar-refractivity contribution in [3.05, 3.63) is 60.3 Å². The number of anilines is 1. The summed E-state index contributed by atoms with van der Waals surface area (Å²) in [5, 5.41) is 4.37. The molecular weight excluding hydrogens is 294 g/mol. The summed E-state index contributed by atoms with van der Waals surface area (Å²) < 4.78 is 0. The largest absolute Gasteiger partial charge is 0.339 e. The van der Waals surface area contributed by atoms with E-state index in [0.717, 1.165) is 28.1 Å². The first kappa shape index (κ1) is 19.6. The van der Waals surface area contributed by atoms with Gasteiger partial charge in [-0.3, -0.25) is 4.99 Å². The van der Waals surface area contributed by atoms with Crippen molar-refractivity contribution in [2.24, 2.45) is 4.99 Å². The van der Waals surface area contributed by atoms with Gasteiger partial charge < -0.3 is 5.32 Å². The smallest absolute Gasteiger partial charge is 0.131 e. The first-order valence-electron chi connectivity index (χ1n) is 8.51. The van der Waals surface area contributed by atoms with Crippen molar-refractivity contribution in [2.45, 2.75) is 40.5 Å². The van der Waals surface area contributed by atoms with Gasteiger partial charge in [0.2, 0.25) is 0 Å². The Balaban J connectivity index is 0.00000185. The Kier molecular flexibility index (Phi) is 7.90. The normalized spacial score (nSPS) is 11.5. The highest BCUT2D eigenvalue weighted by Crippen LogP contribution is 2.22. The monoisotopic (exact) mass is 325 g/mol. The molecule has 24 heavy (non-hydrogen) atoms. The van der Waals surface area contributed by atoms with Crippen molar-refractivity contribution < 1.29 is 1.43 Å². The lowest BCUT2D eigenvalue weighted by Crippen LogP contribution is -2.09. The minimum absolute atomic E-state index is 0. The Morgan fingerprint density at radius 2 is 1.96 bits per heavy atom. The zero-order valence-electron chi connectivity index (χ0n) is 15.7. The Hall–Kier alpha value is -2.42. The molecule has 2 aromatic rings. The Morgan fingerprint density at radius 3 is 2.54 bits per heavy atom. The van der Waals surface area contributed by atoms with Crippen molar-refractivity contribution in [1.82, 2.24) is 4.98 Å². The zero-order valence-corrected chi connectivity index (χ0v) is 15.7. The minimum Gasteiger partial charge on any atom is -0.339 e. The van der Waals surface area contributed by atoms with Crippen LogP contribution >= 0.6 is 0 Å². The lowest BCUT2D eigenvalue weighted by molar-refractivity contribution is 0.868. The van der Waals surface area contributed by atoms with Crippen LogP contribution in [0.1, 0.15) is 47.5 Å². The molecule has 0 saturated heterocycles. The summed E-state index contributed by atoms with van der Waals surface area (Å²) in [5.74, 6) is 1.30. The third-order valence-corrected chi connectivity index (χ3v) is 3.53. The molecule has 130 valence electrons. The first-order valence-corrected chi connectivity index (χ1v) is 8.51. The number of aliphatic imine (C=N–C) groups is 1. The lowest BCUT2D eigenvalue weighted by atomic mass is 10.0. The van der Waals surface area contributed by atoms with Gasteiger partial charge in [-0.05, 0) is 48.7 Å². The van der Waals surface area contributed by atoms with Gasteiger partial charge in [-0.15, -0.1) is 0 Å². The molecule has 0 saturated carbocycles. The third kappa shape index (κ3) is 5.05. The van der Waals surface area contributed by atoms with E-state index in [1.54, 1.807) is 7.05 Å². The van der Waals surface area contributed by atoms with Crippen LogP contribution in [0.25, 0.3) is 10.9 Å². The van der Waals surface area contributed by atoms with Crippen LogP contribution in [0.4, 0.5) is 5.82 Å². The van der Waals surface area contributed by atoms with Crippen molar-refractivity contribution in [3.8, 4) is 0 Å². The summed E-state index contributed by atoms with van der Waals surface area (Å²) in [6.07, 6.45) is 3.86. The molecule has 0 unspecified atom stereocenters. The molecule has 1 aromatic carbocycles. The van der Waals surface area contributed by atoms with Crippen LogP contribution in [0.5, 0.6) is 0 Å². The first-order chi connectivity index (χ1) is 11.5. The SMILES string of the molecule is C=C(Nc1ccc2cc(C(C)C)ccc2n1)C(/C=C\C)=NC.CC.[HH]. The van der Waals surface area contributed by atoms with E-state index in [0.29, 0.717) is 5.92 Å². The second-order valence-electron chi connectivity index (χ2n) is 5.52. The Morgan fingerprint density at radius 1 is 1.25 bits per heavy atom. The van der Waals surface area contributed by atoms with Gasteiger partial charge in [0.15, 0.2) is 0 Å². The van der Waals surface area contributed by atoms with Gasteiger partial charge in [0.1, 0.15) is 5.82 Å². The number of rotatable bonds is 5. The number of fused-ring (bicyclic) bond motifs is 1. The van der Waals surface area contributed by atoms with Crippen LogP contribution in [0.2, 0.25) is 0 Å². The van der Waals surface area contributed by atoms with E-state index in [-0.39, 0.29) is 1.43 Å². The van der Waals surface area contributed by atoms with E-state index in [9.17, 15) is 0 Å². The van der Waals surface area contributed by atoms with Crippen LogP contribution in [-0.4, -0.2) is 17.7 Å². The van der Waals surface area contributed by atoms with Crippen LogP contribution in [0, 0.1) is 0 Å². The average Bonchev–Trinajstić information content (AvgIpc) is 2.60. The minimum atomic E-state index is 0. The van der Waals surface area contributed by atoms with E-state index in [1.807, 2.05) is 39.0 Å². The Labute approximate surface area is 147 Å². The lowest BCUT2D eigenvalue weighted by Gasteiger charge is -2.11. The van der Waals surface area contributed by atoms with E-state index in [4.69, 9.17) is 0 Å². The Bertz CT molecular complexity index is 746. The summed E-state index contributed by atoms with van der Waals surface area (Å²) in [6, 6.07) is 10.5. The fourth-order valence-corrected chi connectivity index (χ4v) is 2.26. The number of hydrogen-bond donors (Lipinski definition) is 1. The fraction of sp³-hybridized carbons (Fsp3) is 0.333. The predicted molar refractivity (Wildman–Crippen MR) is 110 cm³/mol. The van der Waals surface area contributed by atoms with Crippen molar-refractivity contribution in [2.75, 3.05) is 12.4 Å². The summed E-state index contributed by atoms with van der Waals surface area (Å²) in [7, 11) is 1.75. The number of nitrogens with zero attached hydrogens (tertiary/aromatic N) is 2. The molecule has 1 aromatic heterocycles. The predicted octanol–water partition coefficient (Wildman–Crippen LogP) is 6.20. The summed E-state index contributed by atoms with van der Waals surface area (Å²) >= 11 is 0. The molecular formula is C21H31N3. The van der Waals surface area contributed by atoms with E-state index < -0.39 is 0 Å². The van der Waals surface area contributed by atoms with Crippen molar-refractivity contribution >= 4 is 22.4 Å². The number of benzene rings is 1. The molecule has 0 aliphatic heterocycles. The van der Waals surface area contributed by atoms with Crippen LogP contribution in [0.15, 0.2) is 59.8 Å². The second kappa shape index (κ2) is 9.66. The number of nitrogens with one attached hydrogen (secondary N) is 1. The van der Waals surface area contributed by atoms with Gasteiger partial charge >= 0.3 is 0 Å². The quantitative estimate of drug-likeness (QED) is 0.664. The molecule has 0 aliphatic rings. The second-order valence-corrected chi connectivity index (χ2v) is 5.52. The summed E-state index contributed by atoms with van der Waals surface area (Å²) in [5.41, 5.74) is 3.86. The molecule has 3 nitrogen and oxygen atoms in total. The topological polar surface area (TPSA) is 37.3 Å². The van der Waals surface area contributed by atoms with Gasteiger partial charge in [-0.1, -0.05) is 46.4 Å². The molecule has 1 N–H and O–H groups in total. The van der Waals surface area contributed by atoms with Gasteiger partial charge in [0.25, 0.3) is 0 Å². The highest BCUT2D eigenvalue weighted by Gasteiger charge is 2.05. The maximum atomic E-state index is 4.64. The number of pyridine rings is 1. The fourth-order valence-electron chi connectivity index (χ4n) is 2.26. The highest BCUT2D eigenvalue weighted by molar-refractivity contribution is 6.09. The van der Waals surface area contributed by atoms with Gasteiger partial charge in [-0.2, -0.15) is 0 Å². The van der Waals surface area contributed by atoms with Crippen LogP contribution in [-0.2, 0) is 0 Å². The molecule has 0 atom stereocenters. The average molecular weight is 326 g/mol. The summed E-state index contributed by atoms with van der Waals surface area (Å²) in [4.78, 5) is 8.85. The van der Waals surface area contributed by atoms with Gasteiger partial charge in [0.05, 0.1) is 16.9 Å². The molecule has 3 heteroatoms. The van der Waals surface area contributed by atoms with Crippen molar-refractivity contribution in [3.63, 3.8) is 0 Å². The third-order valence-electron chi connectivity index (χ3n) is 3.53. The molecule has 2 rings (SSSR count). The molecule has 0 bridgehead atoms. The molecule has 1 heterocycles. The maximum absolute atomic E-state index is 4.64. The number of aromatic nitrogens is 1. The van der Waals surface area contributed by atoms with E-state index in [1.165, 1.54) is 5.56 Å². The van der Waals surface area contributed by atoms with E-state index in [2.05, 4.69) is 60.0 Å².